The lowest BCUT2D eigenvalue weighted by Crippen LogP contribution is -2.00. The SMILES string of the molecule is Cc1ccccc1COc1ccc([C@H](C)O)cc1F. The molecule has 0 bridgehead atoms. The lowest BCUT2D eigenvalue weighted by Gasteiger charge is -2.11. The van der Waals surface area contributed by atoms with Gasteiger partial charge in [0.1, 0.15) is 6.61 Å². The normalized spacial score (nSPS) is 12.2. The number of benzene rings is 2. The van der Waals surface area contributed by atoms with E-state index in [4.69, 9.17) is 4.74 Å². The Morgan fingerprint density at radius 3 is 2.58 bits per heavy atom. The third-order valence-electron chi connectivity index (χ3n) is 3.08. The van der Waals surface area contributed by atoms with Gasteiger partial charge in [0.05, 0.1) is 6.10 Å². The molecule has 0 unspecified atom stereocenters. The van der Waals surface area contributed by atoms with Crippen LogP contribution in [0.1, 0.15) is 29.7 Å². The van der Waals surface area contributed by atoms with E-state index >= 15 is 0 Å². The van der Waals surface area contributed by atoms with Gasteiger partial charge in [-0.2, -0.15) is 0 Å². The van der Waals surface area contributed by atoms with E-state index < -0.39 is 11.9 Å². The molecule has 3 heteroatoms. The van der Waals surface area contributed by atoms with E-state index in [1.54, 1.807) is 19.1 Å². The van der Waals surface area contributed by atoms with Crippen LogP contribution in [0.3, 0.4) is 0 Å². The standard InChI is InChI=1S/C16H17FO2/c1-11-5-3-4-6-14(11)10-19-16-8-7-13(12(2)18)9-15(16)17/h3-9,12,18H,10H2,1-2H3/t12-/m0/s1. The van der Waals surface area contributed by atoms with Gasteiger partial charge in [-0.05, 0) is 42.7 Å². The number of halogens is 1. The summed E-state index contributed by atoms with van der Waals surface area (Å²) in [4.78, 5) is 0. The molecule has 100 valence electrons. The van der Waals surface area contributed by atoms with Crippen molar-refractivity contribution in [2.45, 2.75) is 26.6 Å². The summed E-state index contributed by atoms with van der Waals surface area (Å²) in [6.45, 7) is 3.92. The van der Waals surface area contributed by atoms with Crippen LogP contribution in [0.4, 0.5) is 4.39 Å². The third-order valence-corrected chi connectivity index (χ3v) is 3.08. The molecule has 1 atom stereocenters. The first-order chi connectivity index (χ1) is 9.08. The predicted octanol–water partition coefficient (Wildman–Crippen LogP) is 3.77. The van der Waals surface area contributed by atoms with E-state index in [1.807, 2.05) is 31.2 Å². The van der Waals surface area contributed by atoms with Crippen molar-refractivity contribution in [1.82, 2.24) is 0 Å². The molecule has 0 radical (unpaired) electrons. The van der Waals surface area contributed by atoms with E-state index in [-0.39, 0.29) is 5.75 Å². The third kappa shape index (κ3) is 3.32. The number of aliphatic hydroxyl groups excluding tert-OH is 1. The van der Waals surface area contributed by atoms with Crippen LogP contribution in [0.15, 0.2) is 42.5 Å². The van der Waals surface area contributed by atoms with Gasteiger partial charge in [-0.25, -0.2) is 4.39 Å². The molecule has 0 aliphatic heterocycles. The van der Waals surface area contributed by atoms with Gasteiger partial charge in [0.15, 0.2) is 11.6 Å². The summed E-state index contributed by atoms with van der Waals surface area (Å²) in [5.41, 5.74) is 2.69. The van der Waals surface area contributed by atoms with Crippen molar-refractivity contribution in [2.24, 2.45) is 0 Å². The molecule has 0 aliphatic carbocycles. The van der Waals surface area contributed by atoms with Crippen LogP contribution in [-0.4, -0.2) is 5.11 Å². The zero-order valence-electron chi connectivity index (χ0n) is 11.1. The van der Waals surface area contributed by atoms with E-state index in [1.165, 1.54) is 6.07 Å². The maximum absolute atomic E-state index is 13.8. The second kappa shape index (κ2) is 5.85. The van der Waals surface area contributed by atoms with E-state index in [0.29, 0.717) is 12.2 Å². The summed E-state index contributed by atoms with van der Waals surface area (Å²) in [5, 5.41) is 9.38. The van der Waals surface area contributed by atoms with Crippen LogP contribution in [0.25, 0.3) is 0 Å². The van der Waals surface area contributed by atoms with Gasteiger partial charge in [0, 0.05) is 0 Å². The Hall–Kier alpha value is -1.87. The summed E-state index contributed by atoms with van der Waals surface area (Å²) < 4.78 is 19.3. The smallest absolute Gasteiger partial charge is 0.165 e. The first kappa shape index (κ1) is 13.6. The minimum absolute atomic E-state index is 0.202. The minimum Gasteiger partial charge on any atom is -0.486 e. The summed E-state index contributed by atoms with van der Waals surface area (Å²) in [7, 11) is 0. The summed E-state index contributed by atoms with van der Waals surface area (Å²) in [6.07, 6.45) is -0.681. The predicted molar refractivity (Wildman–Crippen MR) is 72.5 cm³/mol. The second-order valence-corrected chi connectivity index (χ2v) is 4.58. The fourth-order valence-electron chi connectivity index (χ4n) is 1.82. The van der Waals surface area contributed by atoms with Crippen molar-refractivity contribution in [2.75, 3.05) is 0 Å². The molecule has 0 aliphatic rings. The number of hydrogen-bond donors (Lipinski definition) is 1. The molecule has 0 heterocycles. The average molecular weight is 260 g/mol. The molecular formula is C16H17FO2. The maximum atomic E-state index is 13.8. The van der Waals surface area contributed by atoms with Crippen LogP contribution < -0.4 is 4.74 Å². The number of ether oxygens (including phenoxy) is 1. The first-order valence-electron chi connectivity index (χ1n) is 6.22. The minimum atomic E-state index is -0.681. The number of aliphatic hydroxyl groups is 1. The van der Waals surface area contributed by atoms with Gasteiger partial charge in [-0.3, -0.25) is 0 Å². The van der Waals surface area contributed by atoms with Crippen molar-refractivity contribution >= 4 is 0 Å². The van der Waals surface area contributed by atoms with Gasteiger partial charge in [-0.1, -0.05) is 30.3 Å². The highest BCUT2D eigenvalue weighted by atomic mass is 19.1. The average Bonchev–Trinajstić information content (AvgIpc) is 2.39. The Bertz CT molecular complexity index is 564. The molecule has 0 saturated carbocycles. The zero-order chi connectivity index (χ0) is 13.8. The highest BCUT2D eigenvalue weighted by molar-refractivity contribution is 5.31. The van der Waals surface area contributed by atoms with Crippen molar-refractivity contribution in [3.8, 4) is 5.75 Å². The fourth-order valence-corrected chi connectivity index (χ4v) is 1.82. The molecule has 2 rings (SSSR count). The number of hydrogen-bond acceptors (Lipinski definition) is 2. The molecule has 0 fully saturated rings. The molecule has 0 aromatic heterocycles. The molecule has 0 spiro atoms. The van der Waals surface area contributed by atoms with E-state index in [9.17, 15) is 9.50 Å². The summed E-state index contributed by atoms with van der Waals surface area (Å²) >= 11 is 0. The number of rotatable bonds is 4. The van der Waals surface area contributed by atoms with E-state index in [2.05, 4.69) is 0 Å². The molecule has 1 N–H and O–H groups in total. The fraction of sp³-hybridized carbons (Fsp3) is 0.250. The Balaban J connectivity index is 2.10. The molecule has 19 heavy (non-hydrogen) atoms. The quantitative estimate of drug-likeness (QED) is 0.906. The van der Waals surface area contributed by atoms with Crippen molar-refractivity contribution in [3.05, 3.63) is 65.0 Å². The largest absolute Gasteiger partial charge is 0.486 e. The monoisotopic (exact) mass is 260 g/mol. The van der Waals surface area contributed by atoms with Gasteiger partial charge in [0.2, 0.25) is 0 Å². The molecule has 2 nitrogen and oxygen atoms in total. The van der Waals surface area contributed by atoms with Crippen LogP contribution in [0.5, 0.6) is 5.75 Å². The summed E-state index contributed by atoms with van der Waals surface area (Å²) in [5.74, 6) is -0.250. The van der Waals surface area contributed by atoms with Crippen molar-refractivity contribution in [3.63, 3.8) is 0 Å². The van der Waals surface area contributed by atoms with Crippen molar-refractivity contribution in [1.29, 1.82) is 0 Å². The number of aryl methyl sites for hydroxylation is 1. The molecule has 2 aromatic rings. The molecule has 2 aromatic carbocycles. The van der Waals surface area contributed by atoms with E-state index in [0.717, 1.165) is 11.1 Å². The lowest BCUT2D eigenvalue weighted by molar-refractivity contribution is 0.198. The van der Waals surface area contributed by atoms with Gasteiger partial charge in [0.25, 0.3) is 0 Å². The highest BCUT2D eigenvalue weighted by Gasteiger charge is 2.08. The Labute approximate surface area is 112 Å². The lowest BCUT2D eigenvalue weighted by atomic mass is 10.1. The zero-order valence-corrected chi connectivity index (χ0v) is 11.1. The Morgan fingerprint density at radius 1 is 1.21 bits per heavy atom. The molecular weight excluding hydrogens is 243 g/mol. The second-order valence-electron chi connectivity index (χ2n) is 4.58. The topological polar surface area (TPSA) is 29.5 Å². The van der Waals surface area contributed by atoms with Crippen LogP contribution in [-0.2, 0) is 6.61 Å². The van der Waals surface area contributed by atoms with Gasteiger partial charge >= 0.3 is 0 Å². The van der Waals surface area contributed by atoms with Gasteiger partial charge in [-0.15, -0.1) is 0 Å². The summed E-state index contributed by atoms with van der Waals surface area (Å²) in [6, 6.07) is 12.4. The van der Waals surface area contributed by atoms with Crippen molar-refractivity contribution < 1.29 is 14.2 Å². The van der Waals surface area contributed by atoms with Gasteiger partial charge < -0.3 is 9.84 Å². The molecule has 0 amide bonds. The van der Waals surface area contributed by atoms with Crippen LogP contribution >= 0.6 is 0 Å². The highest BCUT2D eigenvalue weighted by Crippen LogP contribution is 2.23. The Morgan fingerprint density at radius 2 is 1.95 bits per heavy atom. The first-order valence-corrected chi connectivity index (χ1v) is 6.22. The van der Waals surface area contributed by atoms with Crippen LogP contribution in [0, 0.1) is 12.7 Å². The maximum Gasteiger partial charge on any atom is 0.165 e. The van der Waals surface area contributed by atoms with Crippen LogP contribution in [0.2, 0.25) is 0 Å². The molecule has 0 saturated heterocycles. The Kier molecular flexibility index (Phi) is 4.17.